The summed E-state index contributed by atoms with van der Waals surface area (Å²) in [6, 6.07) is 0.464. The highest BCUT2D eigenvalue weighted by Crippen LogP contribution is 2.24. The van der Waals surface area contributed by atoms with Crippen LogP contribution in [0.3, 0.4) is 0 Å². The first-order valence-corrected chi connectivity index (χ1v) is 6.06. The molecule has 3 nitrogen and oxygen atoms in total. The lowest BCUT2D eigenvalue weighted by Crippen LogP contribution is -2.41. The van der Waals surface area contributed by atoms with E-state index in [-0.39, 0.29) is 11.8 Å². The highest BCUT2D eigenvalue weighted by atomic mass is 16.2. The van der Waals surface area contributed by atoms with Crippen molar-refractivity contribution in [1.29, 1.82) is 0 Å². The zero-order valence-corrected chi connectivity index (χ0v) is 10.2. The molecule has 0 spiro atoms. The largest absolute Gasteiger partial charge is 0.339 e. The van der Waals surface area contributed by atoms with Crippen molar-refractivity contribution in [2.45, 2.75) is 46.1 Å². The van der Waals surface area contributed by atoms with Gasteiger partial charge in [-0.2, -0.15) is 0 Å². The average Bonchev–Trinajstić information content (AvgIpc) is 2.62. The standard InChI is InChI=1S/C12H24N2O/c1-9(2)7-11-5-4-6-14(11)12(15)10(3)8-13/h9-11H,4-8,13H2,1-3H3. The van der Waals surface area contributed by atoms with Crippen molar-refractivity contribution >= 4 is 5.91 Å². The van der Waals surface area contributed by atoms with Crippen molar-refractivity contribution < 1.29 is 4.79 Å². The predicted octanol–water partition coefficient (Wildman–Crippen LogP) is 1.62. The van der Waals surface area contributed by atoms with Crippen molar-refractivity contribution in [3.8, 4) is 0 Å². The van der Waals surface area contributed by atoms with Crippen LogP contribution in [0, 0.1) is 11.8 Å². The molecule has 0 aromatic carbocycles. The van der Waals surface area contributed by atoms with Gasteiger partial charge in [-0.1, -0.05) is 20.8 Å². The molecule has 0 radical (unpaired) electrons. The smallest absolute Gasteiger partial charge is 0.226 e. The van der Waals surface area contributed by atoms with Crippen molar-refractivity contribution in [2.75, 3.05) is 13.1 Å². The summed E-state index contributed by atoms with van der Waals surface area (Å²) in [6.45, 7) is 7.75. The predicted molar refractivity (Wildman–Crippen MR) is 62.4 cm³/mol. The van der Waals surface area contributed by atoms with Gasteiger partial charge in [0.25, 0.3) is 0 Å². The monoisotopic (exact) mass is 212 g/mol. The zero-order valence-electron chi connectivity index (χ0n) is 10.2. The van der Waals surface area contributed by atoms with Crippen LogP contribution in [-0.4, -0.2) is 29.9 Å². The number of carbonyl (C=O) groups is 1. The Morgan fingerprint density at radius 2 is 2.13 bits per heavy atom. The molecule has 1 amide bonds. The Balaban J connectivity index is 2.55. The van der Waals surface area contributed by atoms with E-state index in [1.807, 2.05) is 6.92 Å². The lowest BCUT2D eigenvalue weighted by Gasteiger charge is -2.28. The molecular weight excluding hydrogens is 188 g/mol. The molecule has 0 aromatic rings. The van der Waals surface area contributed by atoms with Crippen molar-refractivity contribution in [3.63, 3.8) is 0 Å². The van der Waals surface area contributed by atoms with Gasteiger partial charge in [0.05, 0.1) is 0 Å². The lowest BCUT2D eigenvalue weighted by molar-refractivity contribution is -0.135. The Labute approximate surface area is 93.0 Å². The van der Waals surface area contributed by atoms with E-state index in [0.717, 1.165) is 19.4 Å². The molecule has 1 saturated heterocycles. The van der Waals surface area contributed by atoms with Crippen LogP contribution in [0.2, 0.25) is 0 Å². The number of rotatable bonds is 4. The van der Waals surface area contributed by atoms with E-state index in [1.165, 1.54) is 6.42 Å². The van der Waals surface area contributed by atoms with E-state index in [2.05, 4.69) is 18.7 Å². The molecule has 15 heavy (non-hydrogen) atoms. The van der Waals surface area contributed by atoms with Crippen molar-refractivity contribution in [3.05, 3.63) is 0 Å². The molecule has 0 aliphatic carbocycles. The Kier molecular flexibility index (Phi) is 4.58. The van der Waals surface area contributed by atoms with Gasteiger partial charge in [0.2, 0.25) is 5.91 Å². The second kappa shape index (κ2) is 5.50. The van der Waals surface area contributed by atoms with Crippen LogP contribution >= 0.6 is 0 Å². The molecule has 88 valence electrons. The number of carbonyl (C=O) groups excluding carboxylic acids is 1. The first kappa shape index (κ1) is 12.5. The summed E-state index contributed by atoms with van der Waals surface area (Å²) in [4.78, 5) is 14.1. The summed E-state index contributed by atoms with van der Waals surface area (Å²) in [5, 5.41) is 0. The SMILES string of the molecule is CC(C)CC1CCCN1C(=O)C(C)CN. The number of hydrogen-bond donors (Lipinski definition) is 1. The number of amides is 1. The topological polar surface area (TPSA) is 46.3 Å². The average molecular weight is 212 g/mol. The summed E-state index contributed by atoms with van der Waals surface area (Å²) < 4.78 is 0. The van der Waals surface area contributed by atoms with E-state index in [1.54, 1.807) is 0 Å². The van der Waals surface area contributed by atoms with Gasteiger partial charge < -0.3 is 10.6 Å². The van der Waals surface area contributed by atoms with E-state index in [9.17, 15) is 4.79 Å². The Morgan fingerprint density at radius 3 is 2.67 bits per heavy atom. The van der Waals surface area contributed by atoms with Crippen LogP contribution in [-0.2, 0) is 4.79 Å². The second-order valence-electron chi connectivity index (χ2n) is 5.09. The fourth-order valence-corrected chi connectivity index (χ4v) is 2.30. The van der Waals surface area contributed by atoms with Crippen LogP contribution in [0.1, 0.15) is 40.0 Å². The van der Waals surface area contributed by atoms with Gasteiger partial charge in [0.15, 0.2) is 0 Å². The Hall–Kier alpha value is -0.570. The summed E-state index contributed by atoms with van der Waals surface area (Å²) in [5.74, 6) is 0.898. The highest BCUT2D eigenvalue weighted by molar-refractivity contribution is 5.79. The number of likely N-dealkylation sites (tertiary alicyclic amines) is 1. The second-order valence-corrected chi connectivity index (χ2v) is 5.09. The van der Waals surface area contributed by atoms with Crippen molar-refractivity contribution in [1.82, 2.24) is 4.90 Å². The Bertz CT molecular complexity index is 216. The minimum Gasteiger partial charge on any atom is -0.339 e. The van der Waals surface area contributed by atoms with Gasteiger partial charge in [0.1, 0.15) is 0 Å². The van der Waals surface area contributed by atoms with Gasteiger partial charge in [-0.05, 0) is 25.2 Å². The quantitative estimate of drug-likeness (QED) is 0.769. The molecule has 1 aliphatic heterocycles. The minimum absolute atomic E-state index is 0.0160. The fourth-order valence-electron chi connectivity index (χ4n) is 2.30. The molecule has 2 unspecified atom stereocenters. The van der Waals surface area contributed by atoms with E-state index >= 15 is 0 Å². The number of nitrogens with zero attached hydrogens (tertiary/aromatic N) is 1. The van der Waals surface area contributed by atoms with Crippen LogP contribution in [0.25, 0.3) is 0 Å². The third-order valence-corrected chi connectivity index (χ3v) is 3.18. The maximum Gasteiger partial charge on any atom is 0.226 e. The van der Waals surface area contributed by atoms with Gasteiger partial charge in [0, 0.05) is 25.0 Å². The maximum absolute atomic E-state index is 12.0. The molecule has 1 heterocycles. The van der Waals surface area contributed by atoms with Gasteiger partial charge >= 0.3 is 0 Å². The molecule has 2 atom stereocenters. The molecule has 1 rings (SSSR count). The molecule has 0 aromatic heterocycles. The molecule has 3 heteroatoms. The van der Waals surface area contributed by atoms with Gasteiger partial charge in [-0.25, -0.2) is 0 Å². The van der Waals surface area contributed by atoms with E-state index in [0.29, 0.717) is 18.5 Å². The Morgan fingerprint density at radius 1 is 1.47 bits per heavy atom. The fraction of sp³-hybridized carbons (Fsp3) is 0.917. The first-order chi connectivity index (χ1) is 7.06. The number of hydrogen-bond acceptors (Lipinski definition) is 2. The maximum atomic E-state index is 12.0. The summed E-state index contributed by atoms with van der Waals surface area (Å²) in [6.07, 6.45) is 3.45. The van der Waals surface area contributed by atoms with Crippen LogP contribution in [0.5, 0.6) is 0 Å². The molecule has 1 aliphatic rings. The van der Waals surface area contributed by atoms with E-state index < -0.39 is 0 Å². The molecule has 0 saturated carbocycles. The highest BCUT2D eigenvalue weighted by Gasteiger charge is 2.30. The van der Waals surface area contributed by atoms with Gasteiger partial charge in [-0.3, -0.25) is 4.79 Å². The first-order valence-electron chi connectivity index (χ1n) is 6.06. The van der Waals surface area contributed by atoms with Crippen LogP contribution in [0.4, 0.5) is 0 Å². The number of nitrogens with two attached hydrogens (primary N) is 1. The van der Waals surface area contributed by atoms with Crippen LogP contribution in [0.15, 0.2) is 0 Å². The summed E-state index contributed by atoms with van der Waals surface area (Å²) in [5.41, 5.74) is 5.54. The lowest BCUT2D eigenvalue weighted by atomic mass is 10.0. The molecule has 0 bridgehead atoms. The van der Waals surface area contributed by atoms with E-state index in [4.69, 9.17) is 5.73 Å². The molecule has 1 fully saturated rings. The molecule has 2 N–H and O–H groups in total. The zero-order chi connectivity index (χ0) is 11.4. The minimum atomic E-state index is -0.0160. The summed E-state index contributed by atoms with van der Waals surface area (Å²) in [7, 11) is 0. The van der Waals surface area contributed by atoms with Gasteiger partial charge in [-0.15, -0.1) is 0 Å². The molecular formula is C12H24N2O. The normalized spacial score (nSPS) is 23.5. The van der Waals surface area contributed by atoms with Crippen molar-refractivity contribution in [2.24, 2.45) is 17.6 Å². The third kappa shape index (κ3) is 3.20. The third-order valence-electron chi connectivity index (χ3n) is 3.18. The van der Waals surface area contributed by atoms with Crippen LogP contribution < -0.4 is 5.73 Å². The summed E-state index contributed by atoms with van der Waals surface area (Å²) >= 11 is 0.